The van der Waals surface area contributed by atoms with Crippen LogP contribution in [0.5, 0.6) is 0 Å². The third-order valence-electron chi connectivity index (χ3n) is 4.04. The van der Waals surface area contributed by atoms with Crippen LogP contribution in [0.4, 0.5) is 0 Å². The van der Waals surface area contributed by atoms with E-state index in [4.69, 9.17) is 0 Å². The largest absolute Gasteiger partial charge is 0.481 e. The molecule has 0 bridgehead atoms. The van der Waals surface area contributed by atoms with Crippen molar-refractivity contribution in [2.75, 3.05) is 6.61 Å². The molecule has 20 heavy (non-hydrogen) atoms. The van der Waals surface area contributed by atoms with Crippen LogP contribution >= 0.6 is 11.8 Å². The molecule has 4 atom stereocenters. The zero-order valence-electron chi connectivity index (χ0n) is 11.7. The van der Waals surface area contributed by atoms with E-state index in [9.17, 15) is 15.0 Å². The minimum absolute atomic E-state index is 0.0913. The van der Waals surface area contributed by atoms with Gasteiger partial charge < -0.3 is 10.2 Å². The lowest BCUT2D eigenvalue weighted by molar-refractivity contribution is -0.142. The lowest BCUT2D eigenvalue weighted by atomic mass is 9.78. The Kier molecular flexibility index (Phi) is 5.49. The summed E-state index contributed by atoms with van der Waals surface area (Å²) in [5.74, 6) is -0.539. The molecule has 1 aromatic carbocycles. The number of rotatable bonds is 5. The first-order chi connectivity index (χ1) is 9.61. The predicted molar refractivity (Wildman–Crippen MR) is 82.1 cm³/mol. The molecule has 0 saturated heterocycles. The van der Waals surface area contributed by atoms with E-state index in [1.165, 1.54) is 5.56 Å². The van der Waals surface area contributed by atoms with Crippen molar-refractivity contribution in [3.05, 3.63) is 35.9 Å². The predicted octanol–water partition coefficient (Wildman–Crippen LogP) is 3.14. The van der Waals surface area contributed by atoms with Gasteiger partial charge in [0.2, 0.25) is 0 Å². The zero-order valence-corrected chi connectivity index (χ0v) is 12.6. The first-order valence-corrected chi connectivity index (χ1v) is 8.10. The van der Waals surface area contributed by atoms with E-state index in [1.807, 2.05) is 25.1 Å². The molecule has 0 heterocycles. The summed E-state index contributed by atoms with van der Waals surface area (Å²) < 4.78 is 0. The normalized spacial score (nSPS) is 28.0. The van der Waals surface area contributed by atoms with Crippen LogP contribution in [0.3, 0.4) is 0 Å². The van der Waals surface area contributed by atoms with Gasteiger partial charge in [-0.05, 0) is 30.7 Å². The summed E-state index contributed by atoms with van der Waals surface area (Å²) in [7, 11) is 0. The second kappa shape index (κ2) is 7.14. The molecule has 0 aliphatic heterocycles. The van der Waals surface area contributed by atoms with E-state index in [0.717, 1.165) is 19.3 Å². The zero-order chi connectivity index (χ0) is 14.5. The molecule has 1 aliphatic rings. The summed E-state index contributed by atoms with van der Waals surface area (Å²) in [4.78, 5) is 11.4. The fourth-order valence-electron chi connectivity index (χ4n) is 2.93. The van der Waals surface area contributed by atoms with Gasteiger partial charge in [-0.2, -0.15) is 11.8 Å². The summed E-state index contributed by atoms with van der Waals surface area (Å²) in [5.41, 5.74) is 1.30. The van der Waals surface area contributed by atoms with E-state index >= 15 is 0 Å². The Balaban J connectivity index is 2.09. The van der Waals surface area contributed by atoms with Crippen LogP contribution in [0.2, 0.25) is 0 Å². The summed E-state index contributed by atoms with van der Waals surface area (Å²) in [6, 6.07) is 10.3. The molecule has 0 radical (unpaired) electrons. The molecule has 0 aromatic heterocycles. The van der Waals surface area contributed by atoms with Gasteiger partial charge in [-0.3, -0.25) is 4.79 Å². The highest BCUT2D eigenvalue weighted by Crippen LogP contribution is 2.42. The van der Waals surface area contributed by atoms with Gasteiger partial charge in [0, 0.05) is 10.5 Å². The van der Waals surface area contributed by atoms with Gasteiger partial charge in [-0.25, -0.2) is 0 Å². The lowest BCUT2D eigenvalue weighted by Gasteiger charge is -2.35. The molecule has 2 rings (SSSR count). The Hall–Kier alpha value is -1.00. The monoisotopic (exact) mass is 294 g/mol. The van der Waals surface area contributed by atoms with Gasteiger partial charge in [-0.15, -0.1) is 0 Å². The number of hydrogen-bond acceptors (Lipinski definition) is 3. The second-order valence-electron chi connectivity index (χ2n) is 5.53. The van der Waals surface area contributed by atoms with Gasteiger partial charge >= 0.3 is 5.97 Å². The second-order valence-corrected chi connectivity index (χ2v) is 7.22. The van der Waals surface area contributed by atoms with Crippen molar-refractivity contribution >= 4 is 17.7 Å². The first kappa shape index (κ1) is 15.4. The Morgan fingerprint density at radius 2 is 2.05 bits per heavy atom. The van der Waals surface area contributed by atoms with Crippen molar-refractivity contribution in [2.24, 2.45) is 5.92 Å². The fraction of sp³-hybridized carbons (Fsp3) is 0.562. The maximum absolute atomic E-state index is 11.4. The standard InChI is InChI=1S/C16H22O3S/c1-11(10-17)20-15-9-13(7-8-14(15)16(18)19)12-5-3-2-4-6-12/h2-6,11,13-15,17H,7-10H2,1H3,(H,18,19). The maximum atomic E-state index is 11.4. The van der Waals surface area contributed by atoms with E-state index in [0.29, 0.717) is 5.92 Å². The Morgan fingerprint density at radius 3 is 2.65 bits per heavy atom. The average molecular weight is 294 g/mol. The lowest BCUT2D eigenvalue weighted by Crippen LogP contribution is -2.33. The van der Waals surface area contributed by atoms with Crippen LogP contribution in [0.1, 0.15) is 37.7 Å². The van der Waals surface area contributed by atoms with Crippen LogP contribution < -0.4 is 0 Å². The van der Waals surface area contributed by atoms with Crippen molar-refractivity contribution in [2.45, 2.75) is 42.6 Å². The maximum Gasteiger partial charge on any atom is 0.307 e. The summed E-state index contributed by atoms with van der Waals surface area (Å²) in [5, 5.41) is 18.8. The molecule has 4 heteroatoms. The molecule has 2 N–H and O–H groups in total. The van der Waals surface area contributed by atoms with Crippen LogP contribution in [0.15, 0.2) is 30.3 Å². The third kappa shape index (κ3) is 3.76. The first-order valence-electron chi connectivity index (χ1n) is 7.16. The molecule has 3 nitrogen and oxygen atoms in total. The molecule has 110 valence electrons. The number of thioether (sulfide) groups is 1. The van der Waals surface area contributed by atoms with Crippen LogP contribution in [0.25, 0.3) is 0 Å². The van der Waals surface area contributed by atoms with Crippen molar-refractivity contribution in [3.63, 3.8) is 0 Å². The summed E-state index contributed by atoms with van der Waals surface area (Å²) in [6.45, 7) is 2.05. The van der Waals surface area contributed by atoms with Gasteiger partial charge in [-0.1, -0.05) is 37.3 Å². The van der Waals surface area contributed by atoms with Crippen LogP contribution in [0, 0.1) is 5.92 Å². The average Bonchev–Trinajstić information content (AvgIpc) is 2.47. The molecular weight excluding hydrogens is 272 g/mol. The third-order valence-corrected chi connectivity index (χ3v) is 5.53. The molecule has 0 amide bonds. The van der Waals surface area contributed by atoms with Crippen molar-refractivity contribution in [1.82, 2.24) is 0 Å². The molecule has 0 spiro atoms. The van der Waals surface area contributed by atoms with Crippen molar-refractivity contribution < 1.29 is 15.0 Å². The number of carboxylic acids is 1. The number of aliphatic hydroxyl groups is 1. The van der Waals surface area contributed by atoms with Gasteiger partial charge in [0.05, 0.1) is 12.5 Å². The Labute approximate surface area is 124 Å². The van der Waals surface area contributed by atoms with Gasteiger partial charge in [0.1, 0.15) is 0 Å². The smallest absolute Gasteiger partial charge is 0.307 e. The number of hydrogen-bond donors (Lipinski definition) is 2. The van der Waals surface area contributed by atoms with Crippen molar-refractivity contribution in [3.8, 4) is 0 Å². The minimum atomic E-state index is -0.695. The van der Waals surface area contributed by atoms with Crippen molar-refractivity contribution in [1.29, 1.82) is 0 Å². The van der Waals surface area contributed by atoms with E-state index in [2.05, 4.69) is 12.1 Å². The number of aliphatic carboxylic acids is 1. The molecule has 1 fully saturated rings. The molecule has 1 aliphatic carbocycles. The Bertz CT molecular complexity index is 435. The van der Waals surface area contributed by atoms with E-state index < -0.39 is 5.97 Å². The molecule has 4 unspecified atom stereocenters. The summed E-state index contributed by atoms with van der Waals surface area (Å²) in [6.07, 6.45) is 2.55. The topological polar surface area (TPSA) is 57.5 Å². The Morgan fingerprint density at radius 1 is 1.35 bits per heavy atom. The number of carbonyl (C=O) groups is 1. The number of aliphatic hydroxyl groups excluding tert-OH is 1. The quantitative estimate of drug-likeness (QED) is 0.876. The highest BCUT2D eigenvalue weighted by molar-refractivity contribution is 8.00. The SMILES string of the molecule is CC(CO)SC1CC(c2ccccc2)CCC1C(=O)O. The highest BCUT2D eigenvalue weighted by atomic mass is 32.2. The fourth-order valence-corrected chi connectivity index (χ4v) is 4.40. The molecule has 1 saturated carbocycles. The number of carboxylic acid groups (broad SMARTS) is 1. The molecular formula is C16H22O3S. The summed E-state index contributed by atoms with van der Waals surface area (Å²) >= 11 is 1.62. The highest BCUT2D eigenvalue weighted by Gasteiger charge is 2.36. The van der Waals surface area contributed by atoms with Crippen LogP contribution in [-0.4, -0.2) is 33.3 Å². The van der Waals surface area contributed by atoms with E-state index in [1.54, 1.807) is 11.8 Å². The number of benzene rings is 1. The molecule has 1 aromatic rings. The van der Waals surface area contributed by atoms with Gasteiger partial charge in [0.15, 0.2) is 0 Å². The van der Waals surface area contributed by atoms with Crippen LogP contribution in [-0.2, 0) is 4.79 Å². The van der Waals surface area contributed by atoms with E-state index in [-0.39, 0.29) is 23.0 Å². The minimum Gasteiger partial charge on any atom is -0.481 e. The van der Waals surface area contributed by atoms with Gasteiger partial charge in [0.25, 0.3) is 0 Å².